The molecule has 0 saturated carbocycles. The van der Waals surface area contributed by atoms with Gasteiger partial charge in [-0.3, -0.25) is 0 Å². The monoisotopic (exact) mass is 311 g/mol. The average molecular weight is 311 g/mol. The van der Waals surface area contributed by atoms with Gasteiger partial charge in [0.25, 0.3) is 0 Å². The Balaban J connectivity index is 1.86. The number of sulfonamides is 1. The zero-order valence-electron chi connectivity index (χ0n) is 12.8. The topological polar surface area (TPSA) is 52.7 Å². The fraction of sp³-hybridized carbons (Fsp3) is 0.600. The molecule has 0 spiro atoms. The van der Waals surface area contributed by atoms with Crippen LogP contribution in [-0.4, -0.2) is 58.8 Å². The molecule has 1 aliphatic heterocycles. The molecule has 2 rings (SSSR count). The minimum Gasteiger partial charge on any atom is -0.370 e. The van der Waals surface area contributed by atoms with Crippen molar-refractivity contribution in [3.63, 3.8) is 0 Å². The zero-order chi connectivity index (χ0) is 15.3. The van der Waals surface area contributed by atoms with Crippen LogP contribution in [-0.2, 0) is 10.0 Å². The van der Waals surface area contributed by atoms with E-state index in [0.717, 1.165) is 19.6 Å². The van der Waals surface area contributed by atoms with Crippen molar-refractivity contribution in [2.24, 2.45) is 0 Å². The number of piperidine rings is 1. The van der Waals surface area contributed by atoms with Crippen LogP contribution in [0.4, 0.5) is 5.69 Å². The molecule has 6 heteroatoms. The summed E-state index contributed by atoms with van der Waals surface area (Å²) in [6, 6.07) is 10.9. The number of hydrogen-bond acceptors (Lipinski definition) is 4. The normalized spacial score (nSPS) is 20.0. The third-order valence-corrected chi connectivity index (χ3v) is 4.70. The van der Waals surface area contributed by atoms with E-state index < -0.39 is 10.0 Å². The second kappa shape index (κ2) is 7.24. The van der Waals surface area contributed by atoms with E-state index in [9.17, 15) is 8.42 Å². The summed E-state index contributed by atoms with van der Waals surface area (Å²) in [6.45, 7) is 3.30. The fourth-order valence-corrected chi connectivity index (χ4v) is 3.24. The van der Waals surface area contributed by atoms with E-state index in [1.54, 1.807) is 0 Å². The number of anilines is 1. The van der Waals surface area contributed by atoms with Crippen molar-refractivity contribution in [1.29, 1.82) is 0 Å². The van der Waals surface area contributed by atoms with Gasteiger partial charge < -0.3 is 9.80 Å². The summed E-state index contributed by atoms with van der Waals surface area (Å²) in [4.78, 5) is 4.67. The van der Waals surface area contributed by atoms with Gasteiger partial charge in [0.1, 0.15) is 0 Å². The molecule has 1 saturated heterocycles. The van der Waals surface area contributed by atoms with Crippen molar-refractivity contribution < 1.29 is 8.42 Å². The lowest BCUT2D eigenvalue weighted by Gasteiger charge is -2.39. The highest BCUT2D eigenvalue weighted by Gasteiger charge is 2.23. The number of hydrogen-bond donors (Lipinski definition) is 1. The number of rotatable bonds is 6. The molecule has 0 radical (unpaired) electrons. The summed E-state index contributed by atoms with van der Waals surface area (Å²) in [5.41, 5.74) is 1.27. The summed E-state index contributed by atoms with van der Waals surface area (Å²) >= 11 is 0. The van der Waals surface area contributed by atoms with Gasteiger partial charge in [-0.25, -0.2) is 13.1 Å². The summed E-state index contributed by atoms with van der Waals surface area (Å²) < 4.78 is 24.7. The molecule has 1 heterocycles. The molecule has 5 nitrogen and oxygen atoms in total. The maximum Gasteiger partial charge on any atom is 0.208 e. The first kappa shape index (κ1) is 16.3. The van der Waals surface area contributed by atoms with Crippen LogP contribution in [0.25, 0.3) is 0 Å². The molecule has 1 aromatic rings. The Bertz CT molecular complexity index is 533. The highest BCUT2D eigenvalue weighted by molar-refractivity contribution is 7.88. The maximum absolute atomic E-state index is 11.1. The van der Waals surface area contributed by atoms with Gasteiger partial charge in [-0.15, -0.1) is 0 Å². The Morgan fingerprint density at radius 2 is 2.05 bits per heavy atom. The van der Waals surface area contributed by atoms with E-state index in [2.05, 4.69) is 45.8 Å². The number of likely N-dealkylation sites (N-methyl/N-ethyl adjacent to an activating group) is 1. The highest BCUT2D eigenvalue weighted by Crippen LogP contribution is 2.21. The van der Waals surface area contributed by atoms with Crippen molar-refractivity contribution >= 4 is 15.7 Å². The minimum absolute atomic E-state index is 0.469. The minimum atomic E-state index is -3.09. The molecule has 1 aliphatic rings. The van der Waals surface area contributed by atoms with Gasteiger partial charge in [0.15, 0.2) is 0 Å². The summed E-state index contributed by atoms with van der Waals surface area (Å²) in [7, 11) is -1.02. The predicted molar refractivity (Wildman–Crippen MR) is 87.2 cm³/mol. The Hall–Kier alpha value is -1.11. The van der Waals surface area contributed by atoms with E-state index in [0.29, 0.717) is 12.6 Å². The van der Waals surface area contributed by atoms with Gasteiger partial charge in [-0.2, -0.15) is 0 Å². The lowest BCUT2D eigenvalue weighted by atomic mass is 10.0. The third kappa shape index (κ3) is 5.30. The van der Waals surface area contributed by atoms with E-state index in [-0.39, 0.29) is 0 Å². The van der Waals surface area contributed by atoms with Crippen molar-refractivity contribution in [3.05, 3.63) is 30.3 Å². The first-order valence-corrected chi connectivity index (χ1v) is 9.30. The molecule has 118 valence electrons. The highest BCUT2D eigenvalue weighted by atomic mass is 32.2. The third-order valence-electron chi connectivity index (χ3n) is 3.97. The first-order valence-electron chi connectivity index (χ1n) is 7.40. The predicted octanol–water partition coefficient (Wildman–Crippen LogP) is 1.14. The van der Waals surface area contributed by atoms with Gasteiger partial charge in [0, 0.05) is 37.9 Å². The molecule has 21 heavy (non-hydrogen) atoms. The van der Waals surface area contributed by atoms with E-state index >= 15 is 0 Å². The second-order valence-electron chi connectivity index (χ2n) is 5.72. The van der Waals surface area contributed by atoms with Crippen molar-refractivity contribution in [3.8, 4) is 0 Å². The van der Waals surface area contributed by atoms with Crippen LogP contribution in [0.15, 0.2) is 30.3 Å². The Morgan fingerprint density at radius 3 is 2.71 bits per heavy atom. The van der Waals surface area contributed by atoms with Crippen LogP contribution < -0.4 is 9.62 Å². The quantitative estimate of drug-likeness (QED) is 0.856. The number of nitrogens with one attached hydrogen (secondary N) is 1. The summed E-state index contributed by atoms with van der Waals surface area (Å²) in [5.74, 6) is 0. The maximum atomic E-state index is 11.1. The lowest BCUT2D eigenvalue weighted by molar-refractivity contribution is 0.219. The van der Waals surface area contributed by atoms with Gasteiger partial charge in [0.2, 0.25) is 10.0 Å². The van der Waals surface area contributed by atoms with Crippen LogP contribution in [0.5, 0.6) is 0 Å². The molecular formula is C15H25N3O2S. The van der Waals surface area contributed by atoms with Gasteiger partial charge in [0.05, 0.1) is 6.26 Å². The molecule has 0 aromatic heterocycles. The van der Waals surface area contributed by atoms with Crippen molar-refractivity contribution in [2.45, 2.75) is 18.9 Å². The molecule has 0 amide bonds. The van der Waals surface area contributed by atoms with Gasteiger partial charge in [-0.1, -0.05) is 18.2 Å². The van der Waals surface area contributed by atoms with Crippen LogP contribution >= 0.6 is 0 Å². The molecule has 0 aliphatic carbocycles. The molecule has 0 unspecified atom stereocenters. The van der Waals surface area contributed by atoms with Crippen LogP contribution in [0.3, 0.4) is 0 Å². The molecule has 1 aromatic carbocycles. The number of nitrogens with zero attached hydrogens (tertiary/aromatic N) is 2. The van der Waals surface area contributed by atoms with Crippen molar-refractivity contribution in [2.75, 3.05) is 44.4 Å². The molecule has 1 fully saturated rings. The standard InChI is InChI=1S/C15H25N3O2S/c1-17(12-10-16-21(2,19)20)15-9-6-11-18(13-15)14-7-4-3-5-8-14/h3-5,7-8,15-16H,6,9-13H2,1-2H3/t15-/m1/s1. The molecule has 1 N–H and O–H groups in total. The van der Waals surface area contributed by atoms with Crippen LogP contribution in [0, 0.1) is 0 Å². The fourth-order valence-electron chi connectivity index (χ4n) is 2.78. The molecule has 0 bridgehead atoms. The Morgan fingerprint density at radius 1 is 1.33 bits per heavy atom. The SMILES string of the molecule is CN(CCNS(C)(=O)=O)[C@@H]1CCCN(c2ccccc2)C1. The summed E-state index contributed by atoms with van der Waals surface area (Å²) in [5, 5.41) is 0. The van der Waals surface area contributed by atoms with Crippen molar-refractivity contribution in [1.82, 2.24) is 9.62 Å². The van der Waals surface area contributed by atoms with Gasteiger partial charge >= 0.3 is 0 Å². The summed E-state index contributed by atoms with van der Waals surface area (Å²) in [6.07, 6.45) is 3.53. The Labute approximate surface area is 128 Å². The Kier molecular flexibility index (Phi) is 5.61. The molecular weight excluding hydrogens is 286 g/mol. The van der Waals surface area contributed by atoms with E-state index in [4.69, 9.17) is 0 Å². The van der Waals surface area contributed by atoms with Crippen LogP contribution in [0.1, 0.15) is 12.8 Å². The smallest absolute Gasteiger partial charge is 0.208 e. The second-order valence-corrected chi connectivity index (χ2v) is 7.56. The largest absolute Gasteiger partial charge is 0.370 e. The number of benzene rings is 1. The average Bonchev–Trinajstić information content (AvgIpc) is 2.47. The van der Waals surface area contributed by atoms with E-state index in [1.165, 1.54) is 24.8 Å². The number of para-hydroxylation sites is 1. The lowest BCUT2D eigenvalue weighted by Crippen LogP contribution is -2.48. The van der Waals surface area contributed by atoms with Gasteiger partial charge in [-0.05, 0) is 32.0 Å². The zero-order valence-corrected chi connectivity index (χ0v) is 13.6. The molecule has 1 atom stereocenters. The first-order chi connectivity index (χ1) is 9.96. The van der Waals surface area contributed by atoms with E-state index in [1.807, 2.05) is 6.07 Å². The van der Waals surface area contributed by atoms with Crippen LogP contribution in [0.2, 0.25) is 0 Å².